The van der Waals surface area contributed by atoms with Crippen LogP contribution in [-0.4, -0.2) is 51.5 Å². The van der Waals surface area contributed by atoms with E-state index in [9.17, 15) is 22.8 Å². The highest BCUT2D eigenvalue weighted by atomic mass is 32.1. The summed E-state index contributed by atoms with van der Waals surface area (Å²) in [5, 5.41) is 9.32. The van der Waals surface area contributed by atoms with Gasteiger partial charge in [-0.05, 0) is 18.9 Å². The Morgan fingerprint density at radius 1 is 1.22 bits per heavy atom. The third kappa shape index (κ3) is 4.86. The lowest BCUT2D eigenvalue weighted by atomic mass is 10.0. The molecule has 0 bridgehead atoms. The standard InChI is InChI=1S/C21H18F3N7O4S/c22-21(23,24)16-15(35-19(32)28-18-29-26-11-36-18)9-25-17(27-16)30-7-5-13(6-8-30)31-14-4-2-1-3-12(14)10-34-20(31)33/h1-4,9,11,13H,5-8,10H2,(H,28,29,32). The highest BCUT2D eigenvalue weighted by Crippen LogP contribution is 2.37. The number of nitrogens with one attached hydrogen (secondary N) is 1. The van der Waals surface area contributed by atoms with Gasteiger partial charge in [-0.3, -0.25) is 10.2 Å². The van der Waals surface area contributed by atoms with Gasteiger partial charge in [-0.1, -0.05) is 29.5 Å². The molecule has 0 aliphatic carbocycles. The second kappa shape index (κ2) is 9.56. The fourth-order valence-corrected chi connectivity index (χ4v) is 4.51. The topological polar surface area (TPSA) is 123 Å². The molecule has 2 aromatic heterocycles. The van der Waals surface area contributed by atoms with Gasteiger partial charge in [0.15, 0.2) is 11.4 Å². The second-order valence-corrected chi connectivity index (χ2v) is 8.74. The number of hydrogen-bond donors (Lipinski definition) is 1. The van der Waals surface area contributed by atoms with Crippen molar-refractivity contribution >= 4 is 40.3 Å². The van der Waals surface area contributed by atoms with E-state index in [2.05, 4.69) is 25.5 Å². The van der Waals surface area contributed by atoms with Crippen molar-refractivity contribution in [3.05, 3.63) is 47.2 Å². The summed E-state index contributed by atoms with van der Waals surface area (Å²) in [6, 6.07) is 7.24. The van der Waals surface area contributed by atoms with E-state index in [1.54, 1.807) is 9.80 Å². The Morgan fingerprint density at radius 3 is 2.72 bits per heavy atom. The number of piperidine rings is 1. The highest BCUT2D eigenvalue weighted by molar-refractivity contribution is 7.13. The van der Waals surface area contributed by atoms with E-state index in [0.29, 0.717) is 25.9 Å². The number of aromatic nitrogens is 4. The number of alkyl halides is 3. The van der Waals surface area contributed by atoms with Crippen molar-refractivity contribution in [1.29, 1.82) is 0 Å². The molecule has 0 atom stereocenters. The van der Waals surface area contributed by atoms with Crippen LogP contribution in [0.2, 0.25) is 0 Å². The van der Waals surface area contributed by atoms with Crippen LogP contribution in [0.25, 0.3) is 0 Å². The number of carbonyl (C=O) groups excluding carboxylic acids is 2. The quantitative estimate of drug-likeness (QED) is 0.541. The Labute approximate surface area is 205 Å². The van der Waals surface area contributed by atoms with Gasteiger partial charge in [0.1, 0.15) is 12.1 Å². The smallest absolute Gasteiger partial charge is 0.437 e. The molecule has 188 valence electrons. The summed E-state index contributed by atoms with van der Waals surface area (Å²) >= 11 is 0.973. The van der Waals surface area contributed by atoms with E-state index in [4.69, 9.17) is 9.47 Å². The summed E-state index contributed by atoms with van der Waals surface area (Å²) in [5.74, 6) is -0.991. The third-order valence-electron chi connectivity index (χ3n) is 5.69. The minimum absolute atomic E-state index is 0.0641. The maximum absolute atomic E-state index is 13.7. The molecule has 1 fully saturated rings. The first-order chi connectivity index (χ1) is 17.3. The minimum Gasteiger partial charge on any atom is -0.444 e. The zero-order valence-electron chi connectivity index (χ0n) is 18.4. The molecule has 4 heterocycles. The number of fused-ring (bicyclic) bond motifs is 1. The van der Waals surface area contributed by atoms with E-state index in [-0.39, 0.29) is 23.7 Å². The Kier molecular flexibility index (Phi) is 6.30. The molecule has 1 N–H and O–H groups in total. The van der Waals surface area contributed by atoms with Crippen molar-refractivity contribution in [2.24, 2.45) is 0 Å². The molecule has 0 spiro atoms. The Hall–Kier alpha value is -4.01. The SMILES string of the molecule is O=C(Nc1nncs1)Oc1cnc(N2CCC(N3C(=O)OCc4ccccc43)CC2)nc1C(F)(F)F. The van der Waals surface area contributed by atoms with Crippen molar-refractivity contribution in [2.75, 3.05) is 28.2 Å². The molecule has 11 nitrogen and oxygen atoms in total. The molecule has 1 saturated heterocycles. The van der Waals surface area contributed by atoms with Crippen molar-refractivity contribution in [3.63, 3.8) is 0 Å². The van der Waals surface area contributed by atoms with Crippen LogP contribution < -0.4 is 19.9 Å². The number of rotatable bonds is 4. The molecule has 15 heteroatoms. The van der Waals surface area contributed by atoms with Gasteiger partial charge in [-0.25, -0.2) is 19.6 Å². The molecule has 1 aromatic carbocycles. The summed E-state index contributed by atoms with van der Waals surface area (Å²) in [6.07, 6.45) is -4.77. The number of anilines is 3. The molecule has 2 aliphatic heterocycles. The van der Waals surface area contributed by atoms with Crippen LogP contribution in [0.1, 0.15) is 24.1 Å². The van der Waals surface area contributed by atoms with Gasteiger partial charge in [-0.15, -0.1) is 10.2 Å². The van der Waals surface area contributed by atoms with E-state index < -0.39 is 29.8 Å². The molecule has 36 heavy (non-hydrogen) atoms. The predicted molar refractivity (Wildman–Crippen MR) is 121 cm³/mol. The molecule has 2 amide bonds. The van der Waals surface area contributed by atoms with Gasteiger partial charge in [0.2, 0.25) is 11.1 Å². The minimum atomic E-state index is -4.89. The molecule has 3 aromatic rings. The van der Waals surface area contributed by atoms with Crippen LogP contribution >= 0.6 is 11.3 Å². The number of carbonyl (C=O) groups is 2. The average molecular weight is 521 g/mol. The first-order valence-electron chi connectivity index (χ1n) is 10.8. The normalized spacial score (nSPS) is 16.4. The lowest BCUT2D eigenvalue weighted by Crippen LogP contribution is -2.49. The number of para-hydroxylation sites is 1. The molecule has 5 rings (SSSR count). The van der Waals surface area contributed by atoms with Gasteiger partial charge in [-0.2, -0.15) is 13.2 Å². The molecular weight excluding hydrogens is 503 g/mol. The lowest BCUT2D eigenvalue weighted by molar-refractivity contribution is -0.142. The van der Waals surface area contributed by atoms with Crippen LogP contribution in [0.4, 0.5) is 39.5 Å². The van der Waals surface area contributed by atoms with Gasteiger partial charge >= 0.3 is 18.4 Å². The first kappa shape index (κ1) is 23.7. The van der Waals surface area contributed by atoms with Crippen molar-refractivity contribution < 1.29 is 32.2 Å². The number of benzene rings is 1. The Balaban J connectivity index is 1.30. The van der Waals surface area contributed by atoms with Crippen molar-refractivity contribution in [1.82, 2.24) is 20.2 Å². The first-order valence-corrected chi connectivity index (χ1v) is 11.7. The molecule has 0 saturated carbocycles. The summed E-state index contributed by atoms with van der Waals surface area (Å²) in [5.41, 5.74) is 1.63. The number of cyclic esters (lactones) is 1. The highest BCUT2D eigenvalue weighted by Gasteiger charge is 2.39. The largest absolute Gasteiger partial charge is 0.444 e. The maximum atomic E-state index is 13.7. The number of amides is 2. The van der Waals surface area contributed by atoms with E-state index in [1.807, 2.05) is 24.3 Å². The molecular formula is C21H18F3N7O4S. The number of ether oxygens (including phenoxy) is 2. The van der Waals surface area contributed by atoms with E-state index in [1.165, 1.54) is 5.51 Å². The molecule has 2 aliphatic rings. The van der Waals surface area contributed by atoms with Gasteiger partial charge in [0.05, 0.1) is 11.9 Å². The summed E-state index contributed by atoms with van der Waals surface area (Å²) in [4.78, 5) is 35.3. The Morgan fingerprint density at radius 2 is 2.00 bits per heavy atom. The van der Waals surface area contributed by atoms with Crippen LogP contribution in [0.15, 0.2) is 36.0 Å². The number of nitrogens with zero attached hydrogens (tertiary/aromatic N) is 6. The second-order valence-electron chi connectivity index (χ2n) is 7.91. The van der Waals surface area contributed by atoms with Gasteiger partial charge in [0, 0.05) is 24.7 Å². The lowest BCUT2D eigenvalue weighted by Gasteiger charge is -2.40. The van der Waals surface area contributed by atoms with Crippen molar-refractivity contribution in [3.8, 4) is 5.75 Å². The van der Waals surface area contributed by atoms with E-state index >= 15 is 0 Å². The zero-order chi connectivity index (χ0) is 25.3. The number of hydrogen-bond acceptors (Lipinski definition) is 10. The van der Waals surface area contributed by atoms with Crippen LogP contribution in [0, 0.1) is 0 Å². The average Bonchev–Trinajstić information content (AvgIpc) is 3.37. The van der Waals surface area contributed by atoms with Crippen LogP contribution in [0.5, 0.6) is 5.75 Å². The van der Waals surface area contributed by atoms with Crippen molar-refractivity contribution in [2.45, 2.75) is 31.7 Å². The van der Waals surface area contributed by atoms with Gasteiger partial charge < -0.3 is 14.4 Å². The summed E-state index contributed by atoms with van der Waals surface area (Å²) in [7, 11) is 0. The van der Waals surface area contributed by atoms with E-state index in [0.717, 1.165) is 28.8 Å². The van der Waals surface area contributed by atoms with Crippen LogP contribution in [0.3, 0.4) is 0 Å². The number of halogens is 3. The zero-order valence-corrected chi connectivity index (χ0v) is 19.3. The summed E-state index contributed by atoms with van der Waals surface area (Å²) < 4.78 is 51.2. The summed E-state index contributed by atoms with van der Waals surface area (Å²) in [6.45, 7) is 0.822. The fraction of sp³-hybridized carbons (Fsp3) is 0.333. The fourth-order valence-electron chi connectivity index (χ4n) is 4.08. The molecule has 0 radical (unpaired) electrons. The predicted octanol–water partition coefficient (Wildman–Crippen LogP) is 4.08. The van der Waals surface area contributed by atoms with Gasteiger partial charge in [0.25, 0.3) is 0 Å². The third-order valence-corrected chi connectivity index (χ3v) is 6.30. The monoisotopic (exact) mass is 521 g/mol. The Bertz CT molecular complexity index is 1270. The van der Waals surface area contributed by atoms with Crippen LogP contribution in [-0.2, 0) is 17.5 Å². The maximum Gasteiger partial charge on any atom is 0.437 e. The molecule has 0 unspecified atom stereocenters.